The monoisotopic (exact) mass is 842 g/mol. The smallest absolute Gasteiger partial charge is 0.338 e. The molecule has 4 heterocycles. The molecule has 62 heavy (non-hydrogen) atoms. The molecule has 2 fully saturated rings. The molecule has 0 saturated carbocycles. The van der Waals surface area contributed by atoms with Crippen molar-refractivity contribution in [1.29, 1.82) is 0 Å². The Morgan fingerprint density at radius 3 is 1.31 bits per heavy atom. The summed E-state index contributed by atoms with van der Waals surface area (Å²) in [6.07, 6.45) is 4.87. The largest absolute Gasteiger partial charge is 0.497 e. The van der Waals surface area contributed by atoms with Crippen molar-refractivity contribution in [2.75, 3.05) is 53.6 Å². The molecule has 2 aliphatic heterocycles. The zero-order chi connectivity index (χ0) is 43.6. The number of benzene rings is 4. The first-order valence-electron chi connectivity index (χ1n) is 21.4. The Hall–Kier alpha value is -6.70. The van der Waals surface area contributed by atoms with E-state index in [0.29, 0.717) is 37.2 Å². The molecule has 0 atom stereocenters. The van der Waals surface area contributed by atoms with Gasteiger partial charge in [0.1, 0.15) is 23.1 Å². The van der Waals surface area contributed by atoms with Crippen molar-refractivity contribution in [2.24, 2.45) is 0 Å². The van der Waals surface area contributed by atoms with E-state index < -0.39 is 0 Å². The number of hydrogen-bond donors (Lipinski definition) is 0. The van der Waals surface area contributed by atoms with Crippen LogP contribution in [0.2, 0.25) is 0 Å². The Balaban J connectivity index is 0.000000186. The highest BCUT2D eigenvalue weighted by molar-refractivity contribution is 5.95. The molecule has 2 amide bonds. The zero-order valence-corrected chi connectivity index (χ0v) is 35.9. The van der Waals surface area contributed by atoms with Gasteiger partial charge in [-0.3, -0.25) is 9.59 Å². The van der Waals surface area contributed by atoms with Gasteiger partial charge in [0.15, 0.2) is 0 Å². The van der Waals surface area contributed by atoms with Crippen LogP contribution in [0.25, 0.3) is 44.8 Å². The van der Waals surface area contributed by atoms with Gasteiger partial charge in [-0.15, -0.1) is 0 Å². The Morgan fingerprint density at radius 2 is 0.968 bits per heavy atom. The van der Waals surface area contributed by atoms with Crippen LogP contribution >= 0.6 is 0 Å². The fourth-order valence-electron chi connectivity index (χ4n) is 8.04. The average molecular weight is 843 g/mol. The maximum Gasteiger partial charge on any atom is 0.338 e. The van der Waals surface area contributed by atoms with Crippen molar-refractivity contribution >= 4 is 45.8 Å². The van der Waals surface area contributed by atoms with E-state index in [1.807, 2.05) is 70.5 Å². The number of ether oxygens (including phenoxy) is 4. The summed E-state index contributed by atoms with van der Waals surface area (Å²) >= 11 is 0. The third-order valence-electron chi connectivity index (χ3n) is 11.2. The molecule has 324 valence electrons. The number of rotatable bonds is 16. The number of hydrogen-bond acceptors (Lipinski definition) is 10. The summed E-state index contributed by atoms with van der Waals surface area (Å²) in [5, 5.41) is 0. The van der Waals surface area contributed by atoms with Gasteiger partial charge in [-0.25, -0.2) is 19.6 Å². The summed E-state index contributed by atoms with van der Waals surface area (Å²) in [5.41, 5.74) is 6.30. The molecule has 8 rings (SSSR count). The Morgan fingerprint density at radius 1 is 0.565 bits per heavy atom. The van der Waals surface area contributed by atoms with Crippen LogP contribution in [0.1, 0.15) is 73.1 Å². The van der Waals surface area contributed by atoms with Gasteiger partial charge in [0.05, 0.1) is 60.6 Å². The lowest BCUT2D eigenvalue weighted by molar-refractivity contribution is -0.128. The standard InChI is InChI=1S/2C24H27N3O4/c2*1-3-31-24(29)18-9-12-21-20(16-18)25-23(17-7-10-19(30-2)11-8-17)27(21)15-5-14-26-13-4-6-22(26)28/h2*7-12,16H,3-6,13-15H2,1-2H3. The highest BCUT2D eigenvalue weighted by Gasteiger charge is 2.22. The normalized spacial score (nSPS) is 13.7. The molecular formula is C48H54N6O8. The molecule has 0 bridgehead atoms. The minimum Gasteiger partial charge on any atom is -0.497 e. The van der Waals surface area contributed by atoms with Crippen LogP contribution in [-0.2, 0) is 32.2 Å². The third-order valence-corrected chi connectivity index (χ3v) is 11.2. The van der Waals surface area contributed by atoms with Crippen LogP contribution in [0, 0.1) is 0 Å². The number of aryl methyl sites for hydroxylation is 2. The molecule has 0 radical (unpaired) electrons. The molecule has 2 saturated heterocycles. The van der Waals surface area contributed by atoms with Crippen LogP contribution in [0.4, 0.5) is 0 Å². The quantitative estimate of drug-likeness (QED) is 0.0885. The van der Waals surface area contributed by atoms with Gasteiger partial charge in [0.2, 0.25) is 11.8 Å². The fraction of sp³-hybridized carbons (Fsp3) is 0.375. The van der Waals surface area contributed by atoms with E-state index in [-0.39, 0.29) is 23.8 Å². The van der Waals surface area contributed by atoms with Gasteiger partial charge in [0.25, 0.3) is 0 Å². The van der Waals surface area contributed by atoms with Crippen molar-refractivity contribution in [3.05, 3.63) is 96.1 Å². The van der Waals surface area contributed by atoms with Crippen LogP contribution in [0.5, 0.6) is 11.5 Å². The lowest BCUT2D eigenvalue weighted by Crippen LogP contribution is -2.26. The van der Waals surface area contributed by atoms with Crippen molar-refractivity contribution < 1.29 is 38.1 Å². The SMILES string of the molecule is CCOC(=O)c1ccc2c(c1)nc(-c1ccc(OC)cc1)n2CCCN1CCCC1=O.CCOC(=O)c1ccc2c(c1)nc(-c1ccc(OC)cc1)n2CCCN1CCCC1=O. The van der Waals surface area contributed by atoms with E-state index in [1.54, 1.807) is 52.3 Å². The maximum absolute atomic E-state index is 12.2. The Labute approximate surface area is 361 Å². The molecule has 14 nitrogen and oxygen atoms in total. The first kappa shape index (κ1) is 43.4. The second kappa shape index (κ2) is 20.2. The summed E-state index contributed by atoms with van der Waals surface area (Å²) in [5.74, 6) is 3.00. The van der Waals surface area contributed by atoms with E-state index in [0.717, 1.165) is 121 Å². The number of esters is 2. The summed E-state index contributed by atoms with van der Waals surface area (Å²) in [6, 6.07) is 26.5. The lowest BCUT2D eigenvalue weighted by Gasteiger charge is -2.16. The average Bonchev–Trinajstić information content (AvgIpc) is 4.09. The Bertz CT molecular complexity index is 2350. The second-order valence-electron chi connectivity index (χ2n) is 15.2. The lowest BCUT2D eigenvalue weighted by atomic mass is 10.2. The zero-order valence-electron chi connectivity index (χ0n) is 35.9. The van der Waals surface area contributed by atoms with Crippen molar-refractivity contribution in [1.82, 2.24) is 28.9 Å². The molecule has 2 aliphatic rings. The number of aromatic nitrogens is 4. The van der Waals surface area contributed by atoms with Crippen molar-refractivity contribution in [2.45, 2.75) is 65.5 Å². The van der Waals surface area contributed by atoms with E-state index in [2.05, 4.69) is 9.13 Å². The molecule has 6 aromatic rings. The molecule has 0 spiro atoms. The number of amides is 2. The topological polar surface area (TPSA) is 147 Å². The summed E-state index contributed by atoms with van der Waals surface area (Å²) in [4.78, 5) is 61.7. The summed E-state index contributed by atoms with van der Waals surface area (Å²) in [6.45, 7) is 8.85. The molecule has 2 aromatic heterocycles. The van der Waals surface area contributed by atoms with Crippen LogP contribution in [0.3, 0.4) is 0 Å². The van der Waals surface area contributed by atoms with Crippen LogP contribution < -0.4 is 9.47 Å². The van der Waals surface area contributed by atoms with Gasteiger partial charge in [-0.1, -0.05) is 0 Å². The number of carbonyl (C=O) groups is 4. The number of likely N-dealkylation sites (tertiary alicyclic amines) is 2. The van der Waals surface area contributed by atoms with Crippen LogP contribution in [-0.4, -0.2) is 106 Å². The molecule has 0 aliphatic carbocycles. The predicted molar refractivity (Wildman–Crippen MR) is 236 cm³/mol. The van der Waals surface area contributed by atoms with E-state index >= 15 is 0 Å². The van der Waals surface area contributed by atoms with Gasteiger partial charge in [0, 0.05) is 63.2 Å². The molecule has 14 heteroatoms. The van der Waals surface area contributed by atoms with Crippen molar-refractivity contribution in [3.63, 3.8) is 0 Å². The van der Waals surface area contributed by atoms with Crippen LogP contribution in [0.15, 0.2) is 84.9 Å². The highest BCUT2D eigenvalue weighted by atomic mass is 16.5. The number of carbonyl (C=O) groups excluding carboxylic acids is 4. The number of methoxy groups -OCH3 is 2. The van der Waals surface area contributed by atoms with Crippen molar-refractivity contribution in [3.8, 4) is 34.3 Å². The first-order valence-corrected chi connectivity index (χ1v) is 21.4. The fourth-order valence-corrected chi connectivity index (χ4v) is 8.04. The first-order chi connectivity index (χ1) is 30.2. The number of imidazole rings is 2. The highest BCUT2D eigenvalue weighted by Crippen LogP contribution is 2.30. The molecule has 4 aromatic carbocycles. The van der Waals surface area contributed by atoms with Gasteiger partial charge in [-0.2, -0.15) is 0 Å². The minimum atomic E-state index is -0.350. The van der Waals surface area contributed by atoms with E-state index in [1.165, 1.54) is 0 Å². The third kappa shape index (κ3) is 9.91. The number of fused-ring (bicyclic) bond motifs is 2. The summed E-state index contributed by atoms with van der Waals surface area (Å²) < 4.78 is 25.1. The predicted octanol–water partition coefficient (Wildman–Crippen LogP) is 7.80. The maximum atomic E-state index is 12.2. The molecule has 0 N–H and O–H groups in total. The van der Waals surface area contributed by atoms with E-state index in [4.69, 9.17) is 28.9 Å². The minimum absolute atomic E-state index is 0.241. The summed E-state index contributed by atoms with van der Waals surface area (Å²) in [7, 11) is 3.28. The van der Waals surface area contributed by atoms with E-state index in [9.17, 15) is 19.2 Å². The second-order valence-corrected chi connectivity index (χ2v) is 15.2. The van der Waals surface area contributed by atoms with Gasteiger partial charge in [-0.05, 0) is 124 Å². The number of nitrogens with zero attached hydrogens (tertiary/aromatic N) is 6. The van der Waals surface area contributed by atoms with Gasteiger partial charge < -0.3 is 37.9 Å². The molecule has 0 unspecified atom stereocenters. The van der Waals surface area contributed by atoms with Gasteiger partial charge >= 0.3 is 11.9 Å². The Kier molecular flexibility index (Phi) is 14.2. The molecular weight excluding hydrogens is 789 g/mol.